The van der Waals surface area contributed by atoms with E-state index in [9.17, 15) is 0 Å². The molecule has 0 atom stereocenters. The number of benzene rings is 6. The Morgan fingerprint density at radius 1 is 0.225 bits per heavy atom. The lowest BCUT2D eigenvalue weighted by Crippen LogP contribution is -1.88. The maximum atomic E-state index is 6.13. The molecule has 4 nitrogen and oxygen atoms in total. The van der Waals surface area contributed by atoms with E-state index in [2.05, 4.69) is 12.1 Å². The lowest BCUT2D eigenvalue weighted by Gasteiger charge is -2.11. The molecule has 0 N–H and O–H groups in total. The van der Waals surface area contributed by atoms with E-state index >= 15 is 0 Å². The molecule has 0 amide bonds. The van der Waals surface area contributed by atoms with E-state index < -0.39 is 0 Å². The molecular formula is C36H26O4. The van der Waals surface area contributed by atoms with Crippen LogP contribution in [0.2, 0.25) is 0 Å². The monoisotopic (exact) mass is 522 g/mol. The fraction of sp³-hybridized carbons (Fsp3) is 0. The minimum atomic E-state index is 0.731. The summed E-state index contributed by atoms with van der Waals surface area (Å²) < 4.78 is 24.0. The van der Waals surface area contributed by atoms with Crippen LogP contribution in [0.1, 0.15) is 0 Å². The van der Waals surface area contributed by atoms with Gasteiger partial charge >= 0.3 is 0 Å². The minimum absolute atomic E-state index is 0.731. The second-order valence-electron chi connectivity index (χ2n) is 9.03. The summed E-state index contributed by atoms with van der Waals surface area (Å²) in [6, 6.07) is 50.6. The van der Waals surface area contributed by atoms with Crippen LogP contribution in [0.15, 0.2) is 158 Å². The Bertz CT molecular complexity index is 1530. The van der Waals surface area contributed by atoms with E-state index in [1.165, 1.54) is 0 Å². The van der Waals surface area contributed by atoms with Crippen molar-refractivity contribution in [3.63, 3.8) is 0 Å². The third-order valence-electron chi connectivity index (χ3n) is 6.08. The number of hydrogen-bond acceptors (Lipinski definition) is 4. The van der Waals surface area contributed by atoms with Gasteiger partial charge in [0.1, 0.15) is 46.0 Å². The van der Waals surface area contributed by atoms with Gasteiger partial charge in [0, 0.05) is 0 Å². The fourth-order valence-corrected chi connectivity index (χ4v) is 4.15. The number of para-hydroxylation sites is 2. The predicted molar refractivity (Wildman–Crippen MR) is 158 cm³/mol. The highest BCUT2D eigenvalue weighted by molar-refractivity contribution is 5.67. The van der Waals surface area contributed by atoms with Crippen LogP contribution in [0.25, 0.3) is 11.1 Å². The zero-order valence-corrected chi connectivity index (χ0v) is 21.6. The largest absolute Gasteiger partial charge is 0.457 e. The lowest BCUT2D eigenvalue weighted by atomic mass is 10.1. The van der Waals surface area contributed by atoms with Crippen molar-refractivity contribution in [2.45, 2.75) is 0 Å². The highest BCUT2D eigenvalue weighted by atomic mass is 16.5. The molecule has 0 unspecified atom stereocenters. The molecule has 0 spiro atoms. The molecule has 194 valence electrons. The van der Waals surface area contributed by atoms with Crippen LogP contribution in [0.3, 0.4) is 0 Å². The maximum Gasteiger partial charge on any atom is 0.128 e. The Hall–Kier alpha value is -5.48. The van der Waals surface area contributed by atoms with Crippen LogP contribution >= 0.6 is 0 Å². The molecule has 0 aliphatic rings. The van der Waals surface area contributed by atoms with Crippen molar-refractivity contribution in [2.24, 2.45) is 0 Å². The topological polar surface area (TPSA) is 36.9 Å². The van der Waals surface area contributed by atoms with Crippen LogP contribution < -0.4 is 18.9 Å². The molecule has 0 radical (unpaired) electrons. The first-order valence-electron chi connectivity index (χ1n) is 13.0. The van der Waals surface area contributed by atoms with Crippen molar-refractivity contribution >= 4 is 0 Å². The van der Waals surface area contributed by atoms with Crippen LogP contribution in [-0.2, 0) is 0 Å². The van der Waals surface area contributed by atoms with Gasteiger partial charge in [0.15, 0.2) is 0 Å². The third-order valence-corrected chi connectivity index (χ3v) is 6.08. The Morgan fingerprint density at radius 3 is 0.850 bits per heavy atom. The van der Waals surface area contributed by atoms with Gasteiger partial charge < -0.3 is 18.9 Å². The summed E-state index contributed by atoms with van der Waals surface area (Å²) in [4.78, 5) is 0. The van der Waals surface area contributed by atoms with Crippen LogP contribution in [0.4, 0.5) is 0 Å². The Kier molecular flexibility index (Phi) is 7.40. The molecule has 6 rings (SSSR count). The summed E-state index contributed by atoms with van der Waals surface area (Å²) >= 11 is 0. The van der Waals surface area contributed by atoms with E-state index in [0.717, 1.165) is 57.1 Å². The summed E-state index contributed by atoms with van der Waals surface area (Å²) in [5, 5.41) is 0. The Morgan fingerprint density at radius 2 is 0.500 bits per heavy atom. The molecule has 6 aromatic rings. The van der Waals surface area contributed by atoms with Gasteiger partial charge in [0.25, 0.3) is 0 Å². The molecule has 0 aliphatic carbocycles. The second kappa shape index (κ2) is 11.9. The average molecular weight is 523 g/mol. The Labute approximate surface area is 233 Å². The zero-order chi connectivity index (χ0) is 27.0. The lowest BCUT2D eigenvalue weighted by molar-refractivity contribution is 0.469. The van der Waals surface area contributed by atoms with E-state index in [4.69, 9.17) is 18.9 Å². The fourth-order valence-electron chi connectivity index (χ4n) is 4.15. The maximum absolute atomic E-state index is 6.13. The molecule has 4 heteroatoms. The summed E-state index contributed by atoms with van der Waals surface area (Å²) in [7, 11) is 0. The van der Waals surface area contributed by atoms with E-state index in [-0.39, 0.29) is 0 Å². The summed E-state index contributed by atoms with van der Waals surface area (Å²) in [5.41, 5.74) is 2.05. The average Bonchev–Trinajstić information content (AvgIpc) is 3.01. The van der Waals surface area contributed by atoms with E-state index in [1.54, 1.807) is 0 Å². The third kappa shape index (κ3) is 6.50. The molecule has 0 saturated carbocycles. The molecule has 0 heterocycles. The van der Waals surface area contributed by atoms with Gasteiger partial charge in [-0.1, -0.05) is 60.7 Å². The van der Waals surface area contributed by atoms with Gasteiger partial charge in [-0.25, -0.2) is 0 Å². The van der Waals surface area contributed by atoms with Crippen molar-refractivity contribution in [3.8, 4) is 57.1 Å². The van der Waals surface area contributed by atoms with Gasteiger partial charge in [-0.15, -0.1) is 0 Å². The molecule has 0 aromatic heterocycles. The van der Waals surface area contributed by atoms with E-state index in [0.29, 0.717) is 0 Å². The van der Waals surface area contributed by atoms with E-state index in [1.807, 2.05) is 146 Å². The van der Waals surface area contributed by atoms with Crippen molar-refractivity contribution in [1.29, 1.82) is 0 Å². The second-order valence-corrected chi connectivity index (χ2v) is 9.03. The SMILES string of the molecule is c1ccc(Oc2ccc(Oc3cccc(-c4cccc(Oc5ccc(Oc6ccccc6)cc5)c4)c3)cc2)cc1. The highest BCUT2D eigenvalue weighted by Gasteiger charge is 2.06. The molecule has 0 aliphatic heterocycles. The molecule has 6 aromatic carbocycles. The first-order valence-corrected chi connectivity index (χ1v) is 13.0. The van der Waals surface area contributed by atoms with Gasteiger partial charge in [-0.3, -0.25) is 0 Å². The first kappa shape index (κ1) is 24.8. The molecule has 40 heavy (non-hydrogen) atoms. The number of rotatable bonds is 9. The summed E-state index contributed by atoms with van der Waals surface area (Å²) in [6.07, 6.45) is 0. The number of ether oxygens (including phenoxy) is 4. The highest BCUT2D eigenvalue weighted by Crippen LogP contribution is 2.32. The normalized spacial score (nSPS) is 10.5. The van der Waals surface area contributed by atoms with Gasteiger partial charge in [-0.2, -0.15) is 0 Å². The van der Waals surface area contributed by atoms with Gasteiger partial charge in [0.05, 0.1) is 0 Å². The van der Waals surface area contributed by atoms with Crippen LogP contribution in [-0.4, -0.2) is 0 Å². The van der Waals surface area contributed by atoms with Crippen molar-refractivity contribution < 1.29 is 18.9 Å². The molecule has 0 saturated heterocycles. The standard InChI is InChI=1S/C36H26O4/c1-3-11-29(12-4-1)37-31-17-21-33(22-18-31)39-35-15-7-9-27(25-35)28-10-8-16-36(26-28)40-34-23-19-32(20-24-34)38-30-13-5-2-6-14-30/h1-26H. The Balaban J connectivity index is 1.11. The summed E-state index contributed by atoms with van der Waals surface area (Å²) in [5.74, 6) is 6.05. The smallest absolute Gasteiger partial charge is 0.128 e. The van der Waals surface area contributed by atoms with Gasteiger partial charge in [0.2, 0.25) is 0 Å². The molecular weight excluding hydrogens is 496 g/mol. The van der Waals surface area contributed by atoms with Crippen molar-refractivity contribution in [3.05, 3.63) is 158 Å². The van der Waals surface area contributed by atoms with Crippen molar-refractivity contribution in [1.82, 2.24) is 0 Å². The van der Waals surface area contributed by atoms with Crippen LogP contribution in [0.5, 0.6) is 46.0 Å². The van der Waals surface area contributed by atoms with Crippen LogP contribution in [0, 0.1) is 0 Å². The quantitative estimate of drug-likeness (QED) is 0.189. The molecule has 0 fully saturated rings. The number of hydrogen-bond donors (Lipinski definition) is 0. The first-order chi connectivity index (χ1) is 19.8. The predicted octanol–water partition coefficient (Wildman–Crippen LogP) is 10.5. The van der Waals surface area contributed by atoms with Gasteiger partial charge in [-0.05, 0) is 108 Å². The minimum Gasteiger partial charge on any atom is -0.457 e. The summed E-state index contributed by atoms with van der Waals surface area (Å²) in [6.45, 7) is 0. The molecule has 0 bridgehead atoms. The zero-order valence-electron chi connectivity index (χ0n) is 21.6. The van der Waals surface area contributed by atoms with Crippen molar-refractivity contribution in [2.75, 3.05) is 0 Å².